The monoisotopic (exact) mass is 1190 g/mol. The number of hydrogen-bond acceptors (Lipinski definition) is 9. The van der Waals surface area contributed by atoms with Crippen molar-refractivity contribution in [1.82, 2.24) is 65.6 Å². The molecule has 1 aromatic carbocycles. The van der Waals surface area contributed by atoms with E-state index >= 15 is 0 Å². The fourth-order valence-electron chi connectivity index (χ4n) is 6.68. The van der Waals surface area contributed by atoms with E-state index in [4.69, 9.17) is 0 Å². The number of unbranched alkanes of at least 4 members (excludes halogenated alkanes) is 4. The summed E-state index contributed by atoms with van der Waals surface area (Å²) in [4.78, 5) is 27.3. The Bertz CT molecular complexity index is 2480. The molecule has 0 radical (unpaired) electrons. The van der Waals surface area contributed by atoms with Crippen LogP contribution in [0.15, 0.2) is 159 Å². The molecule has 86 heavy (non-hydrogen) atoms. The van der Waals surface area contributed by atoms with Gasteiger partial charge in [-0.2, -0.15) is 20.4 Å². The number of aryl methyl sites for hydroxylation is 11. The molecule has 0 unspecified atom stereocenters. The van der Waals surface area contributed by atoms with Crippen LogP contribution in [0.2, 0.25) is 0 Å². The third-order valence-corrected chi connectivity index (χ3v) is 11.0. The Balaban J connectivity index is -0.000000160. The molecule has 1 amide bonds. The second kappa shape index (κ2) is 61.7. The first-order valence-corrected chi connectivity index (χ1v) is 28.0. The lowest BCUT2D eigenvalue weighted by molar-refractivity contribution is -0.121. The molecule has 0 fully saturated rings. The Morgan fingerprint density at radius 2 is 1.03 bits per heavy atom. The summed E-state index contributed by atoms with van der Waals surface area (Å²) in [6.45, 7) is 28.0. The van der Waals surface area contributed by atoms with Crippen molar-refractivity contribution in [3.05, 3.63) is 227 Å². The number of nitrogens with zero attached hydrogens (tertiary/aromatic N) is 9. The average molecular weight is 1190 g/mol. The molecule has 1 aliphatic carbocycles. The smallest absolute Gasteiger partial charge is 0.241 e. The van der Waals surface area contributed by atoms with Crippen LogP contribution >= 0.6 is 0 Å². The van der Waals surface area contributed by atoms with Crippen LogP contribution in [0.5, 0.6) is 0 Å². The standard InChI is InChI=1S/C10H13N.C8H11N3O.C7H8.3C6H7N.2C5H12.3C4H6N2.7CH4/c1-8-6-7-9-4-2-3-5-10(9)11-8;1-6-4-7-2-3-9-8(12)5-11(7)10-6;1-7-5-3-2-4-6-7;1-6-2-4-7-5-3-6;1-6-3-2-4-7-5-6;1-6-4-2-3-5-7-6;2*1-3-5-4-2;1-4-2-5-6-3-4;2*1-4-2-3-5-6-4;;;;;;;/h6-7H,2-5H2,1H3;4H,2-3,5H2,1H3,(H,9,12);2-6H,1H3;3*2-5H,1H3;2*3-5H2,1-2H3;3*2-3H,1H3,(H,5,6);7*1H4. The molecular formula is C72H123N13O. The molecule has 0 saturated carbocycles. The van der Waals surface area contributed by atoms with Crippen LogP contribution in [0.25, 0.3) is 0 Å². The van der Waals surface area contributed by atoms with E-state index in [9.17, 15) is 4.79 Å². The van der Waals surface area contributed by atoms with Gasteiger partial charge >= 0.3 is 0 Å². The highest BCUT2D eigenvalue weighted by Gasteiger charge is 2.13. The lowest BCUT2D eigenvalue weighted by atomic mass is 9.96. The first-order chi connectivity index (χ1) is 38.2. The van der Waals surface area contributed by atoms with E-state index < -0.39 is 0 Å². The lowest BCUT2D eigenvalue weighted by Crippen LogP contribution is -2.25. The second-order valence-electron chi connectivity index (χ2n) is 18.9. The number of aromatic amines is 3. The van der Waals surface area contributed by atoms with E-state index in [1.807, 2.05) is 140 Å². The molecule has 0 saturated heterocycles. The first kappa shape index (κ1) is 91.9. The van der Waals surface area contributed by atoms with Gasteiger partial charge in [-0.3, -0.25) is 44.7 Å². The minimum atomic E-state index is 0. The van der Waals surface area contributed by atoms with E-state index in [-0.39, 0.29) is 57.9 Å². The van der Waals surface area contributed by atoms with Gasteiger partial charge in [0.25, 0.3) is 0 Å². The Labute approximate surface area is 526 Å². The van der Waals surface area contributed by atoms with E-state index in [0.29, 0.717) is 6.54 Å². The molecule has 0 spiro atoms. The molecule has 0 atom stereocenters. The highest BCUT2D eigenvalue weighted by atomic mass is 16.2. The summed E-state index contributed by atoms with van der Waals surface area (Å²) in [7, 11) is 0. The number of pyridine rings is 4. The van der Waals surface area contributed by atoms with Crippen molar-refractivity contribution in [3.8, 4) is 0 Å². The number of aromatic nitrogens is 12. The Morgan fingerprint density at radius 3 is 1.38 bits per heavy atom. The summed E-state index contributed by atoms with van der Waals surface area (Å²) in [5.74, 6) is 0.0526. The van der Waals surface area contributed by atoms with Crippen LogP contribution in [-0.2, 0) is 30.6 Å². The van der Waals surface area contributed by atoms with Crippen molar-refractivity contribution in [2.24, 2.45) is 0 Å². The van der Waals surface area contributed by atoms with Crippen LogP contribution in [0, 0.1) is 62.3 Å². The van der Waals surface area contributed by atoms with Crippen LogP contribution in [0.3, 0.4) is 0 Å². The molecule has 14 heteroatoms. The normalized spacial score (nSPS) is 10.0. The molecule has 8 aromatic heterocycles. The minimum absolute atomic E-state index is 0. The van der Waals surface area contributed by atoms with Crippen molar-refractivity contribution >= 4 is 5.91 Å². The number of carbonyl (C=O) groups is 1. The van der Waals surface area contributed by atoms with Gasteiger partial charge in [0.05, 0.1) is 11.9 Å². The van der Waals surface area contributed by atoms with Gasteiger partial charge in [0.1, 0.15) is 6.54 Å². The number of H-pyrrole nitrogens is 3. The third-order valence-electron chi connectivity index (χ3n) is 11.0. The predicted molar refractivity (Wildman–Crippen MR) is 375 cm³/mol. The summed E-state index contributed by atoms with van der Waals surface area (Å²) in [5.41, 5.74) is 14.4. The number of benzene rings is 1. The molecule has 9 aromatic rings. The van der Waals surface area contributed by atoms with Gasteiger partial charge in [0.15, 0.2) is 0 Å². The largest absolute Gasteiger partial charge is 0.354 e. The SMILES string of the molecule is C.C.C.C.C.C.C.CCCCC.CCCCC.Cc1cc2n(n1)CC(=O)NCC2.Cc1ccc2c(n1)CCCC2.Cc1ccccc1.Cc1ccccn1.Cc1cccnc1.Cc1ccn[nH]1.Cc1ccn[nH]1.Cc1ccncc1.Cc1cn[nH]c1. The Morgan fingerprint density at radius 1 is 0.477 bits per heavy atom. The molecule has 9 heterocycles. The number of nitrogens with one attached hydrogen (secondary N) is 4. The maximum Gasteiger partial charge on any atom is 0.241 e. The number of amides is 1. The highest BCUT2D eigenvalue weighted by Crippen LogP contribution is 2.19. The van der Waals surface area contributed by atoms with Crippen LogP contribution in [0.1, 0.15) is 199 Å². The number of fused-ring (bicyclic) bond motifs is 2. The fourth-order valence-corrected chi connectivity index (χ4v) is 6.68. The zero-order valence-electron chi connectivity index (χ0n) is 50.1. The topological polar surface area (TPSA) is 185 Å². The molecule has 482 valence electrons. The molecule has 2 aliphatic rings. The summed E-state index contributed by atoms with van der Waals surface area (Å²) in [6.07, 6.45) is 30.2. The van der Waals surface area contributed by atoms with Crippen LogP contribution in [0.4, 0.5) is 0 Å². The van der Waals surface area contributed by atoms with Gasteiger partial charge < -0.3 is 5.32 Å². The average Bonchev–Trinajstić information content (AvgIpc) is 4.33. The van der Waals surface area contributed by atoms with Crippen molar-refractivity contribution < 1.29 is 4.79 Å². The van der Waals surface area contributed by atoms with Crippen molar-refractivity contribution in [2.45, 2.75) is 219 Å². The molecule has 4 N–H and O–H groups in total. The Kier molecular flexibility index (Phi) is 65.9. The van der Waals surface area contributed by atoms with Crippen LogP contribution < -0.4 is 5.32 Å². The van der Waals surface area contributed by atoms with Crippen LogP contribution in [-0.4, -0.2) is 72.8 Å². The predicted octanol–water partition coefficient (Wildman–Crippen LogP) is 19.3. The molecule has 1 aliphatic heterocycles. The van der Waals surface area contributed by atoms with E-state index in [0.717, 1.165) is 47.1 Å². The number of hydrogen-bond donors (Lipinski definition) is 4. The summed E-state index contributed by atoms with van der Waals surface area (Å²) in [5, 5.41) is 26.3. The maximum atomic E-state index is 11.1. The summed E-state index contributed by atoms with van der Waals surface area (Å²) >= 11 is 0. The van der Waals surface area contributed by atoms with Gasteiger partial charge in [0.2, 0.25) is 5.91 Å². The van der Waals surface area contributed by atoms with E-state index in [1.165, 1.54) is 97.7 Å². The van der Waals surface area contributed by atoms with Crippen molar-refractivity contribution in [2.75, 3.05) is 6.54 Å². The zero-order chi connectivity index (χ0) is 58.1. The summed E-state index contributed by atoms with van der Waals surface area (Å²) in [6, 6.07) is 34.2. The first-order valence-electron chi connectivity index (χ1n) is 28.0. The molecule has 11 rings (SSSR count). The Hall–Kier alpha value is -7.87. The summed E-state index contributed by atoms with van der Waals surface area (Å²) < 4.78 is 1.78. The highest BCUT2D eigenvalue weighted by molar-refractivity contribution is 5.76. The van der Waals surface area contributed by atoms with Gasteiger partial charge in [-0.15, -0.1) is 0 Å². The van der Waals surface area contributed by atoms with Gasteiger partial charge in [-0.25, -0.2) is 0 Å². The number of carbonyl (C=O) groups excluding carboxylic acids is 1. The zero-order valence-corrected chi connectivity index (χ0v) is 50.1. The van der Waals surface area contributed by atoms with E-state index in [1.54, 1.807) is 48.1 Å². The minimum Gasteiger partial charge on any atom is -0.354 e. The van der Waals surface area contributed by atoms with E-state index in [2.05, 4.69) is 127 Å². The van der Waals surface area contributed by atoms with Crippen molar-refractivity contribution in [3.63, 3.8) is 0 Å². The molecule has 0 bridgehead atoms. The molecule has 14 nitrogen and oxygen atoms in total. The quantitative estimate of drug-likeness (QED) is 0.133. The fraction of sp³-hybridized carbons (Fsp3) is 0.458. The second-order valence-corrected chi connectivity index (χ2v) is 18.9. The van der Waals surface area contributed by atoms with Crippen molar-refractivity contribution in [1.29, 1.82) is 0 Å². The van der Waals surface area contributed by atoms with Gasteiger partial charge in [-0.05, 0) is 165 Å². The van der Waals surface area contributed by atoms with Gasteiger partial charge in [0, 0.05) is 96.7 Å². The third kappa shape index (κ3) is 51.7. The number of rotatable bonds is 4. The maximum absolute atomic E-state index is 11.1. The molecular weight excluding hydrogens is 1060 g/mol. The lowest BCUT2D eigenvalue weighted by Gasteiger charge is -2.14. The van der Waals surface area contributed by atoms with Gasteiger partial charge in [-0.1, -0.05) is 172 Å².